The van der Waals surface area contributed by atoms with Gasteiger partial charge in [0.15, 0.2) is 0 Å². The van der Waals surface area contributed by atoms with E-state index in [-0.39, 0.29) is 10.6 Å². The van der Waals surface area contributed by atoms with Gasteiger partial charge in [-0.2, -0.15) is 0 Å². The zero-order valence-corrected chi connectivity index (χ0v) is 12.5. The summed E-state index contributed by atoms with van der Waals surface area (Å²) in [7, 11) is 1.53. The summed E-state index contributed by atoms with van der Waals surface area (Å²) >= 11 is 0. The minimum Gasteiger partial charge on any atom is -0.496 e. The highest BCUT2D eigenvalue weighted by Crippen LogP contribution is 2.49. The Labute approximate surface area is 124 Å². The molecule has 0 heterocycles. The molecule has 3 rings (SSSR count). The van der Waals surface area contributed by atoms with Crippen molar-refractivity contribution in [2.75, 3.05) is 12.4 Å². The van der Waals surface area contributed by atoms with Gasteiger partial charge >= 0.3 is 0 Å². The number of methoxy groups -OCH3 is 1. The molecule has 114 valence electrons. The van der Waals surface area contributed by atoms with E-state index in [2.05, 4.69) is 12.2 Å². The molecule has 0 spiro atoms. The molecule has 2 aliphatic carbocycles. The molecule has 0 aliphatic heterocycles. The van der Waals surface area contributed by atoms with Gasteiger partial charge in [-0.3, -0.25) is 10.1 Å². The molecule has 1 aromatic rings. The van der Waals surface area contributed by atoms with Gasteiger partial charge in [0.2, 0.25) is 0 Å². The van der Waals surface area contributed by atoms with Gasteiger partial charge in [0, 0.05) is 23.9 Å². The average molecular weight is 290 g/mol. The van der Waals surface area contributed by atoms with Gasteiger partial charge in [-0.25, -0.2) is 0 Å². The molecule has 2 aliphatic rings. The maximum Gasteiger partial charge on any atom is 0.275 e. The van der Waals surface area contributed by atoms with E-state index in [0.717, 1.165) is 17.5 Å². The molecule has 0 saturated heterocycles. The number of nitrogens with zero attached hydrogens (tertiary/aromatic N) is 1. The minimum absolute atomic E-state index is 0.0667. The Bertz CT molecular complexity index is 546. The van der Waals surface area contributed by atoms with Crippen molar-refractivity contribution < 1.29 is 9.66 Å². The Kier molecular flexibility index (Phi) is 3.74. The van der Waals surface area contributed by atoms with Gasteiger partial charge in [0.05, 0.1) is 18.1 Å². The highest BCUT2D eigenvalue weighted by molar-refractivity contribution is 5.56. The normalized spacial score (nSPS) is 28.4. The number of rotatable bonds is 5. The number of non-ortho nitro benzene ring substituents is 1. The predicted octanol–water partition coefficient (Wildman–Crippen LogP) is 3.84. The second kappa shape index (κ2) is 5.54. The second-order valence-corrected chi connectivity index (χ2v) is 6.45. The molecule has 2 saturated carbocycles. The molecule has 21 heavy (non-hydrogen) atoms. The van der Waals surface area contributed by atoms with Crippen molar-refractivity contribution in [3.05, 3.63) is 28.3 Å². The molecule has 1 N–H and O–H groups in total. The van der Waals surface area contributed by atoms with Crippen LogP contribution in [-0.2, 0) is 0 Å². The van der Waals surface area contributed by atoms with Crippen LogP contribution in [0.5, 0.6) is 5.75 Å². The Morgan fingerprint density at radius 2 is 2.14 bits per heavy atom. The van der Waals surface area contributed by atoms with Gasteiger partial charge in [0.25, 0.3) is 5.69 Å². The first-order chi connectivity index (χ1) is 10.1. The van der Waals surface area contributed by atoms with Gasteiger partial charge in [-0.15, -0.1) is 0 Å². The number of hydrogen-bond donors (Lipinski definition) is 1. The second-order valence-electron chi connectivity index (χ2n) is 6.45. The lowest BCUT2D eigenvalue weighted by molar-refractivity contribution is -0.384. The van der Waals surface area contributed by atoms with Crippen LogP contribution in [0.15, 0.2) is 18.2 Å². The van der Waals surface area contributed by atoms with Crippen molar-refractivity contribution in [3.63, 3.8) is 0 Å². The summed E-state index contributed by atoms with van der Waals surface area (Å²) in [5.74, 6) is 2.95. The first-order valence-corrected chi connectivity index (χ1v) is 7.67. The van der Waals surface area contributed by atoms with Crippen LogP contribution in [0, 0.1) is 27.9 Å². The summed E-state index contributed by atoms with van der Waals surface area (Å²) in [5, 5.41) is 14.4. The highest BCUT2D eigenvalue weighted by Gasteiger charge is 2.41. The lowest BCUT2D eigenvalue weighted by atomic mass is 9.84. The number of nitrogens with one attached hydrogen (secondary N) is 1. The fraction of sp³-hybridized carbons (Fsp3) is 0.625. The Balaban J connectivity index is 1.74. The average Bonchev–Trinajstić information content (AvgIpc) is 3.09. The fourth-order valence-electron chi connectivity index (χ4n) is 4.17. The molecule has 0 amide bonds. The first-order valence-electron chi connectivity index (χ1n) is 7.67. The van der Waals surface area contributed by atoms with Gasteiger partial charge in [-0.1, -0.05) is 6.42 Å². The van der Waals surface area contributed by atoms with E-state index in [1.54, 1.807) is 6.07 Å². The van der Waals surface area contributed by atoms with Crippen LogP contribution in [0.4, 0.5) is 11.4 Å². The number of nitro benzene ring substituents is 1. The number of anilines is 1. The number of fused-ring (bicyclic) bond motifs is 2. The van der Waals surface area contributed by atoms with Crippen molar-refractivity contribution in [2.45, 2.75) is 38.6 Å². The van der Waals surface area contributed by atoms with Gasteiger partial charge < -0.3 is 10.1 Å². The largest absolute Gasteiger partial charge is 0.496 e. The summed E-state index contributed by atoms with van der Waals surface area (Å²) in [6.07, 6.45) is 5.40. The molecule has 2 fully saturated rings. The van der Waals surface area contributed by atoms with E-state index in [1.165, 1.54) is 38.9 Å². The van der Waals surface area contributed by atoms with Crippen LogP contribution in [0.25, 0.3) is 0 Å². The Hall–Kier alpha value is -1.78. The zero-order chi connectivity index (χ0) is 15.0. The Morgan fingerprint density at radius 1 is 1.33 bits per heavy atom. The third-order valence-electron chi connectivity index (χ3n) is 5.17. The summed E-state index contributed by atoms with van der Waals surface area (Å²) in [5.41, 5.74) is 0.841. The fourth-order valence-corrected chi connectivity index (χ4v) is 4.17. The molecular weight excluding hydrogens is 268 g/mol. The monoisotopic (exact) mass is 290 g/mol. The van der Waals surface area contributed by atoms with Crippen molar-refractivity contribution in [1.29, 1.82) is 0 Å². The third kappa shape index (κ3) is 2.82. The van der Waals surface area contributed by atoms with Crippen molar-refractivity contribution in [1.82, 2.24) is 0 Å². The van der Waals surface area contributed by atoms with E-state index < -0.39 is 0 Å². The first kappa shape index (κ1) is 14.2. The number of nitro groups is 1. The lowest BCUT2D eigenvalue weighted by Crippen LogP contribution is -2.29. The quantitative estimate of drug-likeness (QED) is 0.661. The third-order valence-corrected chi connectivity index (χ3v) is 5.17. The molecule has 4 atom stereocenters. The molecule has 1 aromatic carbocycles. The van der Waals surface area contributed by atoms with Crippen LogP contribution in [0.1, 0.15) is 32.6 Å². The summed E-state index contributed by atoms with van der Waals surface area (Å²) < 4.78 is 5.16. The zero-order valence-electron chi connectivity index (χ0n) is 12.5. The molecule has 5 heteroatoms. The molecule has 4 unspecified atom stereocenters. The van der Waals surface area contributed by atoms with Crippen molar-refractivity contribution in [2.24, 2.45) is 17.8 Å². The minimum atomic E-state index is -0.379. The number of benzene rings is 1. The molecular formula is C16H22N2O3. The SMILES string of the molecule is COc1cc(NC(C)C2CC3CCC2C3)cc([N+](=O)[O-])c1. The number of hydrogen-bond acceptors (Lipinski definition) is 4. The van der Waals surface area contributed by atoms with E-state index in [1.807, 2.05) is 6.07 Å². The van der Waals surface area contributed by atoms with Crippen LogP contribution < -0.4 is 10.1 Å². The topological polar surface area (TPSA) is 64.4 Å². The van der Waals surface area contributed by atoms with Crippen molar-refractivity contribution in [3.8, 4) is 5.75 Å². The number of ether oxygens (including phenoxy) is 1. The summed E-state index contributed by atoms with van der Waals surface area (Å²) in [6, 6.07) is 5.21. The van der Waals surface area contributed by atoms with Crippen LogP contribution in [0.3, 0.4) is 0 Å². The van der Waals surface area contributed by atoms with E-state index >= 15 is 0 Å². The summed E-state index contributed by atoms with van der Waals surface area (Å²) in [6.45, 7) is 2.19. The van der Waals surface area contributed by atoms with Gasteiger partial charge in [-0.05, 0) is 43.9 Å². The maximum atomic E-state index is 11.0. The molecule has 2 bridgehead atoms. The van der Waals surface area contributed by atoms with Gasteiger partial charge in [0.1, 0.15) is 5.75 Å². The van der Waals surface area contributed by atoms with Crippen LogP contribution in [0.2, 0.25) is 0 Å². The molecule has 0 radical (unpaired) electrons. The van der Waals surface area contributed by atoms with Crippen molar-refractivity contribution >= 4 is 11.4 Å². The summed E-state index contributed by atoms with van der Waals surface area (Å²) in [4.78, 5) is 10.6. The lowest BCUT2D eigenvalue weighted by Gasteiger charge is -2.29. The Morgan fingerprint density at radius 3 is 2.71 bits per heavy atom. The van der Waals surface area contributed by atoms with Crippen LogP contribution >= 0.6 is 0 Å². The van der Waals surface area contributed by atoms with Crippen LogP contribution in [-0.4, -0.2) is 18.1 Å². The predicted molar refractivity (Wildman–Crippen MR) is 81.7 cm³/mol. The maximum absolute atomic E-state index is 11.0. The smallest absolute Gasteiger partial charge is 0.275 e. The molecule has 5 nitrogen and oxygen atoms in total. The standard InChI is InChI=1S/C16H22N2O3/c1-10(16-6-11-3-4-12(16)5-11)17-13-7-14(18(19)20)9-15(8-13)21-2/h7-12,16-17H,3-6H2,1-2H3. The molecule has 0 aromatic heterocycles. The highest BCUT2D eigenvalue weighted by atomic mass is 16.6. The van der Waals surface area contributed by atoms with E-state index in [9.17, 15) is 10.1 Å². The van der Waals surface area contributed by atoms with E-state index in [4.69, 9.17) is 4.74 Å². The van der Waals surface area contributed by atoms with E-state index in [0.29, 0.717) is 17.7 Å².